The number of rotatable bonds is 4. The molecule has 0 aliphatic heterocycles. The molecule has 24 heavy (non-hydrogen) atoms. The molecule has 0 atom stereocenters. The summed E-state index contributed by atoms with van der Waals surface area (Å²) in [7, 11) is 1.41. The van der Waals surface area contributed by atoms with Gasteiger partial charge in [-0.25, -0.2) is 19.7 Å². The minimum atomic E-state index is -1.09. The molecule has 8 nitrogen and oxygen atoms in total. The first-order valence-electron chi connectivity index (χ1n) is 6.99. The quantitative estimate of drug-likeness (QED) is 0.628. The topological polar surface area (TPSA) is 121 Å². The highest BCUT2D eigenvalue weighted by atomic mass is 16.5. The molecule has 0 radical (unpaired) electrons. The lowest BCUT2D eigenvalue weighted by Crippen LogP contribution is -1.95. The lowest BCUT2D eigenvalue weighted by molar-refractivity contribution is -0.131. The Morgan fingerprint density at radius 3 is 2.83 bits per heavy atom. The highest BCUT2D eigenvalue weighted by Gasteiger charge is 2.14. The van der Waals surface area contributed by atoms with Gasteiger partial charge in [-0.1, -0.05) is 0 Å². The van der Waals surface area contributed by atoms with Crippen molar-refractivity contribution in [2.45, 2.75) is 6.92 Å². The van der Waals surface area contributed by atoms with Gasteiger partial charge in [-0.15, -0.1) is 0 Å². The Kier molecular flexibility index (Phi) is 3.87. The Morgan fingerprint density at radius 2 is 2.12 bits per heavy atom. The number of carbonyl (C=O) groups is 1. The van der Waals surface area contributed by atoms with E-state index >= 15 is 0 Å². The first-order chi connectivity index (χ1) is 11.5. The lowest BCUT2D eigenvalue weighted by Gasteiger charge is -2.09. The molecule has 0 fully saturated rings. The van der Waals surface area contributed by atoms with E-state index in [9.17, 15) is 9.90 Å². The number of fused-ring (bicyclic) bond motifs is 1. The SMILES string of the molecule is COc1cc(/C=C/C(=O)O)c(-c2ncc3[nH]c(C)nc3n2)cc1O. The molecule has 0 amide bonds. The number of phenols is 1. The maximum atomic E-state index is 10.8. The fourth-order valence-electron chi connectivity index (χ4n) is 2.30. The third-order valence-corrected chi connectivity index (χ3v) is 3.36. The number of methoxy groups -OCH3 is 1. The van der Waals surface area contributed by atoms with E-state index in [1.165, 1.54) is 25.3 Å². The van der Waals surface area contributed by atoms with Crippen molar-refractivity contribution in [1.82, 2.24) is 19.9 Å². The summed E-state index contributed by atoms with van der Waals surface area (Å²) in [5, 5.41) is 18.9. The Bertz CT molecular complexity index is 962. The van der Waals surface area contributed by atoms with Gasteiger partial charge in [0.05, 0.1) is 13.3 Å². The molecule has 2 heterocycles. The monoisotopic (exact) mass is 326 g/mol. The molecule has 1 aromatic carbocycles. The number of phenolic OH excluding ortho intramolecular Hbond substituents is 1. The first kappa shape index (κ1) is 15.5. The summed E-state index contributed by atoms with van der Waals surface area (Å²) < 4.78 is 5.07. The van der Waals surface area contributed by atoms with E-state index < -0.39 is 5.97 Å². The molecule has 0 saturated carbocycles. The van der Waals surface area contributed by atoms with Crippen LogP contribution in [-0.4, -0.2) is 43.2 Å². The number of carboxylic acid groups (broad SMARTS) is 1. The van der Waals surface area contributed by atoms with Crippen molar-refractivity contribution in [3.8, 4) is 22.9 Å². The second-order valence-electron chi connectivity index (χ2n) is 5.04. The fourth-order valence-corrected chi connectivity index (χ4v) is 2.30. The van der Waals surface area contributed by atoms with E-state index in [0.29, 0.717) is 33.9 Å². The molecule has 8 heteroatoms. The number of aliphatic carboxylic acids is 1. The number of benzene rings is 1. The number of ether oxygens (including phenoxy) is 1. The Morgan fingerprint density at radius 1 is 1.33 bits per heavy atom. The van der Waals surface area contributed by atoms with Gasteiger partial charge in [0.25, 0.3) is 0 Å². The molecule has 0 spiro atoms. The van der Waals surface area contributed by atoms with Crippen LogP contribution >= 0.6 is 0 Å². The van der Waals surface area contributed by atoms with E-state index in [1.54, 1.807) is 6.20 Å². The number of hydrogen-bond acceptors (Lipinski definition) is 6. The van der Waals surface area contributed by atoms with Gasteiger partial charge in [-0.2, -0.15) is 0 Å². The summed E-state index contributed by atoms with van der Waals surface area (Å²) >= 11 is 0. The van der Waals surface area contributed by atoms with Crippen LogP contribution in [0.1, 0.15) is 11.4 Å². The smallest absolute Gasteiger partial charge is 0.328 e. The van der Waals surface area contributed by atoms with E-state index in [2.05, 4.69) is 19.9 Å². The van der Waals surface area contributed by atoms with Crippen molar-refractivity contribution in [2.75, 3.05) is 7.11 Å². The number of aromatic nitrogens is 4. The molecule has 3 aromatic rings. The number of aryl methyl sites for hydroxylation is 1. The molecule has 0 unspecified atom stereocenters. The summed E-state index contributed by atoms with van der Waals surface area (Å²) in [6, 6.07) is 2.95. The van der Waals surface area contributed by atoms with Crippen LogP contribution in [-0.2, 0) is 4.79 Å². The van der Waals surface area contributed by atoms with Gasteiger partial charge in [0.15, 0.2) is 23.0 Å². The standard InChI is InChI=1S/C16H14N4O4/c1-8-18-11-7-17-15(20-16(11)19-8)10-6-12(21)13(24-2)5-9(10)3-4-14(22)23/h3-7,21H,1-2H3,(H,22,23)(H,17,18,19,20)/b4-3+. The van der Waals surface area contributed by atoms with Crippen molar-refractivity contribution < 1.29 is 19.7 Å². The minimum absolute atomic E-state index is 0.0955. The number of carboxylic acids is 1. The summed E-state index contributed by atoms with van der Waals surface area (Å²) in [4.78, 5) is 26.7. The summed E-state index contributed by atoms with van der Waals surface area (Å²) in [6.45, 7) is 1.81. The molecule has 0 bridgehead atoms. The summed E-state index contributed by atoms with van der Waals surface area (Å²) in [5.41, 5.74) is 2.14. The third kappa shape index (κ3) is 2.89. The van der Waals surface area contributed by atoms with Crippen molar-refractivity contribution in [3.63, 3.8) is 0 Å². The van der Waals surface area contributed by atoms with Gasteiger partial charge in [-0.3, -0.25) is 0 Å². The Labute approximate surface area is 136 Å². The Balaban J connectivity index is 2.19. The molecule has 0 saturated heterocycles. The van der Waals surface area contributed by atoms with Crippen molar-refractivity contribution in [3.05, 3.63) is 35.8 Å². The number of H-pyrrole nitrogens is 1. The molecular weight excluding hydrogens is 312 g/mol. The number of nitrogens with zero attached hydrogens (tertiary/aromatic N) is 3. The number of imidazole rings is 1. The van der Waals surface area contributed by atoms with Gasteiger partial charge in [-0.05, 0) is 30.7 Å². The maximum absolute atomic E-state index is 10.8. The maximum Gasteiger partial charge on any atom is 0.328 e. The van der Waals surface area contributed by atoms with Crippen LogP contribution in [0, 0.1) is 6.92 Å². The zero-order chi connectivity index (χ0) is 17.3. The third-order valence-electron chi connectivity index (χ3n) is 3.36. The van der Waals surface area contributed by atoms with E-state index in [1.807, 2.05) is 6.92 Å². The predicted molar refractivity (Wildman–Crippen MR) is 86.7 cm³/mol. The summed E-state index contributed by atoms with van der Waals surface area (Å²) in [6.07, 6.45) is 3.97. The van der Waals surface area contributed by atoms with Gasteiger partial charge in [0.2, 0.25) is 0 Å². The number of nitrogens with one attached hydrogen (secondary N) is 1. The van der Waals surface area contributed by atoms with Gasteiger partial charge < -0.3 is 19.9 Å². The van der Waals surface area contributed by atoms with E-state index in [4.69, 9.17) is 9.84 Å². The van der Waals surface area contributed by atoms with Crippen molar-refractivity contribution in [2.24, 2.45) is 0 Å². The number of hydrogen-bond donors (Lipinski definition) is 3. The van der Waals surface area contributed by atoms with E-state index in [-0.39, 0.29) is 11.5 Å². The zero-order valence-electron chi connectivity index (χ0n) is 12.9. The van der Waals surface area contributed by atoms with Gasteiger partial charge in [0.1, 0.15) is 11.3 Å². The van der Waals surface area contributed by atoms with Crippen LogP contribution in [0.25, 0.3) is 28.6 Å². The van der Waals surface area contributed by atoms with Crippen LogP contribution in [0.4, 0.5) is 0 Å². The van der Waals surface area contributed by atoms with Crippen LogP contribution in [0.2, 0.25) is 0 Å². The zero-order valence-corrected chi connectivity index (χ0v) is 12.9. The fraction of sp³-hybridized carbons (Fsp3) is 0.125. The highest BCUT2D eigenvalue weighted by Crippen LogP contribution is 2.34. The Hall–Kier alpha value is -3.42. The molecule has 3 N–H and O–H groups in total. The van der Waals surface area contributed by atoms with Crippen LogP contribution in [0.3, 0.4) is 0 Å². The predicted octanol–water partition coefficient (Wildman–Crippen LogP) is 2.14. The second kappa shape index (κ2) is 5.99. The molecular formula is C16H14N4O4. The molecule has 122 valence electrons. The van der Waals surface area contributed by atoms with Crippen LogP contribution < -0.4 is 4.74 Å². The average molecular weight is 326 g/mol. The highest BCUT2D eigenvalue weighted by molar-refractivity contribution is 5.88. The van der Waals surface area contributed by atoms with Crippen LogP contribution in [0.5, 0.6) is 11.5 Å². The molecule has 0 aliphatic rings. The molecule has 2 aromatic heterocycles. The van der Waals surface area contributed by atoms with Crippen molar-refractivity contribution in [1.29, 1.82) is 0 Å². The van der Waals surface area contributed by atoms with Gasteiger partial charge >= 0.3 is 5.97 Å². The average Bonchev–Trinajstić information content (AvgIpc) is 2.92. The van der Waals surface area contributed by atoms with Crippen molar-refractivity contribution >= 4 is 23.2 Å². The summed E-state index contributed by atoms with van der Waals surface area (Å²) in [5.74, 6) is 0.0617. The molecule has 0 aliphatic carbocycles. The minimum Gasteiger partial charge on any atom is -0.504 e. The number of aromatic hydroxyl groups is 1. The second-order valence-corrected chi connectivity index (χ2v) is 5.04. The first-order valence-corrected chi connectivity index (χ1v) is 6.99. The van der Waals surface area contributed by atoms with Crippen LogP contribution in [0.15, 0.2) is 24.4 Å². The van der Waals surface area contributed by atoms with E-state index in [0.717, 1.165) is 6.08 Å². The lowest BCUT2D eigenvalue weighted by atomic mass is 10.0. The largest absolute Gasteiger partial charge is 0.504 e. The molecule has 3 rings (SSSR count). The number of aromatic amines is 1. The van der Waals surface area contributed by atoms with Gasteiger partial charge in [0, 0.05) is 11.6 Å². The normalized spacial score (nSPS) is 11.2.